The lowest BCUT2D eigenvalue weighted by molar-refractivity contribution is -0.122. The zero-order valence-electron chi connectivity index (χ0n) is 14.3. The molecule has 1 saturated heterocycles. The highest BCUT2D eigenvalue weighted by Gasteiger charge is 2.36. The molecule has 0 spiro atoms. The van der Waals surface area contributed by atoms with Crippen LogP contribution in [0.3, 0.4) is 0 Å². The highest BCUT2D eigenvalue weighted by atomic mass is 16.2. The number of amides is 4. The smallest absolute Gasteiger partial charge is 0.273 e. The van der Waals surface area contributed by atoms with E-state index in [1.54, 1.807) is 18.2 Å². The second-order valence-electron chi connectivity index (χ2n) is 6.22. The maximum Gasteiger partial charge on any atom is 0.335 e. The first-order valence-corrected chi connectivity index (χ1v) is 7.91. The molecule has 0 saturated carbocycles. The van der Waals surface area contributed by atoms with Gasteiger partial charge in [-0.3, -0.25) is 14.9 Å². The Kier molecular flexibility index (Phi) is 4.23. The van der Waals surface area contributed by atoms with Gasteiger partial charge in [0.25, 0.3) is 11.8 Å². The molecule has 0 radical (unpaired) electrons. The maximum absolute atomic E-state index is 12.8. The Morgan fingerprint density at radius 3 is 2.20 bits per heavy atom. The number of carbonyl (C=O) groups excluding carboxylic acids is 3. The van der Waals surface area contributed by atoms with Crippen LogP contribution >= 0.6 is 0 Å². The van der Waals surface area contributed by atoms with Crippen LogP contribution in [0.1, 0.15) is 22.3 Å². The van der Waals surface area contributed by atoms with E-state index in [1.165, 1.54) is 6.08 Å². The van der Waals surface area contributed by atoms with Crippen molar-refractivity contribution in [2.45, 2.75) is 20.8 Å². The number of imide groups is 2. The first-order chi connectivity index (χ1) is 11.8. The molecule has 0 aliphatic carbocycles. The molecule has 1 N–H and O–H groups in total. The number of hydrogen-bond donors (Lipinski definition) is 1. The highest BCUT2D eigenvalue weighted by molar-refractivity contribution is 6.39. The number of rotatable bonds is 2. The van der Waals surface area contributed by atoms with Gasteiger partial charge in [-0.2, -0.15) is 0 Å². The summed E-state index contributed by atoms with van der Waals surface area (Å²) in [7, 11) is 0. The predicted molar refractivity (Wildman–Crippen MR) is 96.1 cm³/mol. The Hall–Kier alpha value is -3.21. The Labute approximate surface area is 146 Å². The number of urea groups is 1. The van der Waals surface area contributed by atoms with E-state index in [2.05, 4.69) is 5.32 Å². The summed E-state index contributed by atoms with van der Waals surface area (Å²) in [6, 6.07) is 12.1. The largest absolute Gasteiger partial charge is 0.335 e. The first kappa shape index (κ1) is 16.6. The van der Waals surface area contributed by atoms with Crippen molar-refractivity contribution in [2.75, 3.05) is 4.90 Å². The average Bonchev–Trinajstić information content (AvgIpc) is 2.50. The molecule has 0 aromatic heterocycles. The standard InChI is InChI=1S/C20H18N2O3/c1-12-5-4-6-15(8-12)11-17-18(23)21-20(25)22(19(17)24)16-9-13(2)7-14(3)10-16/h4-11H,1-3H3,(H,21,23,25). The zero-order chi connectivity index (χ0) is 18.1. The Balaban J connectivity index is 2.05. The number of nitrogens with zero attached hydrogens (tertiary/aromatic N) is 1. The summed E-state index contributed by atoms with van der Waals surface area (Å²) < 4.78 is 0. The number of anilines is 1. The van der Waals surface area contributed by atoms with Gasteiger partial charge in [0, 0.05) is 0 Å². The van der Waals surface area contributed by atoms with E-state index in [0.717, 1.165) is 27.2 Å². The molecule has 4 amide bonds. The van der Waals surface area contributed by atoms with Crippen LogP contribution in [0.25, 0.3) is 6.08 Å². The molecule has 5 heteroatoms. The fourth-order valence-electron chi connectivity index (χ4n) is 2.90. The topological polar surface area (TPSA) is 66.5 Å². The van der Waals surface area contributed by atoms with Gasteiger partial charge >= 0.3 is 6.03 Å². The Morgan fingerprint density at radius 2 is 1.56 bits per heavy atom. The van der Waals surface area contributed by atoms with Crippen LogP contribution in [-0.4, -0.2) is 17.8 Å². The Morgan fingerprint density at radius 1 is 0.880 bits per heavy atom. The molecule has 2 aromatic rings. The van der Waals surface area contributed by atoms with E-state index in [4.69, 9.17) is 0 Å². The van der Waals surface area contributed by atoms with E-state index >= 15 is 0 Å². The second kappa shape index (κ2) is 6.36. The summed E-state index contributed by atoms with van der Waals surface area (Å²) in [5.74, 6) is -1.31. The van der Waals surface area contributed by atoms with Crippen LogP contribution in [0, 0.1) is 20.8 Å². The van der Waals surface area contributed by atoms with Gasteiger partial charge in [0.05, 0.1) is 5.69 Å². The minimum absolute atomic E-state index is 0.0654. The quantitative estimate of drug-likeness (QED) is 0.677. The third kappa shape index (κ3) is 3.35. The molecular weight excluding hydrogens is 316 g/mol. The van der Waals surface area contributed by atoms with E-state index in [9.17, 15) is 14.4 Å². The Bertz CT molecular complexity index is 908. The fraction of sp³-hybridized carbons (Fsp3) is 0.150. The normalized spacial score (nSPS) is 16.4. The highest BCUT2D eigenvalue weighted by Crippen LogP contribution is 2.24. The van der Waals surface area contributed by atoms with E-state index in [-0.39, 0.29) is 5.57 Å². The number of hydrogen-bond acceptors (Lipinski definition) is 3. The maximum atomic E-state index is 12.8. The number of carbonyl (C=O) groups is 3. The van der Waals surface area contributed by atoms with Crippen LogP contribution < -0.4 is 10.2 Å². The average molecular weight is 334 g/mol. The molecule has 1 aliphatic heterocycles. The van der Waals surface area contributed by atoms with E-state index in [0.29, 0.717) is 5.69 Å². The summed E-state index contributed by atoms with van der Waals surface area (Å²) in [5.41, 5.74) is 3.98. The monoisotopic (exact) mass is 334 g/mol. The van der Waals surface area contributed by atoms with Crippen LogP contribution in [0.15, 0.2) is 48.0 Å². The van der Waals surface area contributed by atoms with Crippen molar-refractivity contribution in [3.05, 3.63) is 70.3 Å². The number of benzene rings is 2. The molecule has 0 bridgehead atoms. The molecule has 126 valence electrons. The van der Waals surface area contributed by atoms with E-state index < -0.39 is 17.8 Å². The lowest BCUT2D eigenvalue weighted by atomic mass is 10.0. The molecule has 1 aliphatic rings. The molecule has 0 atom stereocenters. The van der Waals surface area contributed by atoms with Gasteiger partial charge in [-0.1, -0.05) is 35.9 Å². The third-order valence-corrected chi connectivity index (χ3v) is 3.92. The zero-order valence-corrected chi connectivity index (χ0v) is 14.3. The van der Waals surface area contributed by atoms with Gasteiger partial charge in [-0.05, 0) is 55.7 Å². The molecule has 3 rings (SSSR count). The fourth-order valence-corrected chi connectivity index (χ4v) is 2.90. The van der Waals surface area contributed by atoms with Crippen molar-refractivity contribution < 1.29 is 14.4 Å². The van der Waals surface area contributed by atoms with Crippen molar-refractivity contribution in [2.24, 2.45) is 0 Å². The summed E-state index contributed by atoms with van der Waals surface area (Å²) in [4.78, 5) is 38.2. The van der Waals surface area contributed by atoms with Crippen LogP contribution in [-0.2, 0) is 9.59 Å². The lowest BCUT2D eigenvalue weighted by Gasteiger charge is -2.27. The van der Waals surface area contributed by atoms with Crippen molar-refractivity contribution in [3.8, 4) is 0 Å². The van der Waals surface area contributed by atoms with Crippen molar-refractivity contribution in [1.29, 1.82) is 0 Å². The third-order valence-electron chi connectivity index (χ3n) is 3.92. The molecule has 0 unspecified atom stereocenters. The summed E-state index contributed by atoms with van der Waals surface area (Å²) in [5, 5.41) is 2.24. The van der Waals surface area contributed by atoms with Gasteiger partial charge < -0.3 is 0 Å². The molecule has 1 heterocycles. The van der Waals surface area contributed by atoms with Gasteiger partial charge in [-0.15, -0.1) is 0 Å². The number of nitrogens with one attached hydrogen (secondary N) is 1. The molecule has 1 fully saturated rings. The van der Waals surface area contributed by atoms with E-state index in [1.807, 2.05) is 45.0 Å². The van der Waals surface area contributed by atoms with Crippen LogP contribution in [0.2, 0.25) is 0 Å². The first-order valence-electron chi connectivity index (χ1n) is 7.91. The van der Waals surface area contributed by atoms with Crippen molar-refractivity contribution in [1.82, 2.24) is 5.32 Å². The number of aryl methyl sites for hydroxylation is 3. The molecule has 2 aromatic carbocycles. The van der Waals surface area contributed by atoms with Gasteiger partial charge in [-0.25, -0.2) is 9.69 Å². The minimum atomic E-state index is -0.735. The van der Waals surface area contributed by atoms with Gasteiger partial charge in [0.1, 0.15) is 5.57 Å². The lowest BCUT2D eigenvalue weighted by Crippen LogP contribution is -2.54. The van der Waals surface area contributed by atoms with Gasteiger partial charge in [0.2, 0.25) is 0 Å². The predicted octanol–water partition coefficient (Wildman–Crippen LogP) is 3.28. The van der Waals surface area contributed by atoms with Crippen molar-refractivity contribution in [3.63, 3.8) is 0 Å². The molecule has 5 nitrogen and oxygen atoms in total. The van der Waals surface area contributed by atoms with Crippen LogP contribution in [0.4, 0.5) is 10.5 Å². The number of barbiturate groups is 1. The van der Waals surface area contributed by atoms with Gasteiger partial charge in [0.15, 0.2) is 0 Å². The molecule has 25 heavy (non-hydrogen) atoms. The summed E-state index contributed by atoms with van der Waals surface area (Å²) >= 11 is 0. The molecular formula is C20H18N2O3. The van der Waals surface area contributed by atoms with Crippen LogP contribution in [0.5, 0.6) is 0 Å². The summed E-state index contributed by atoms with van der Waals surface area (Å²) in [6.45, 7) is 5.70. The second-order valence-corrected chi connectivity index (χ2v) is 6.22. The van der Waals surface area contributed by atoms with Crippen molar-refractivity contribution >= 4 is 29.6 Å². The summed E-state index contributed by atoms with van der Waals surface area (Å²) in [6.07, 6.45) is 1.51. The SMILES string of the molecule is Cc1cccc(C=C2C(=O)NC(=O)N(c3cc(C)cc(C)c3)C2=O)c1. The minimum Gasteiger partial charge on any atom is -0.273 e.